The third-order valence-electron chi connectivity index (χ3n) is 5.39. The lowest BCUT2D eigenvalue weighted by Crippen LogP contribution is -2.30. The fourth-order valence-electron chi connectivity index (χ4n) is 4.23. The Morgan fingerprint density at radius 1 is 1.22 bits per heavy atom. The molecule has 0 spiro atoms. The molecular formula is C20H25F2N. The number of hydrogen-bond acceptors (Lipinski definition) is 1. The zero-order chi connectivity index (χ0) is 19.1. The molecule has 5 unspecified atom stereocenters. The average molecular weight is 320 g/mol. The molecule has 2 aliphatic rings. The Bertz CT molecular complexity index is 692. The van der Waals surface area contributed by atoms with Gasteiger partial charge in [0.15, 0.2) is 0 Å². The number of benzene rings is 1. The highest BCUT2D eigenvalue weighted by atomic mass is 19.1. The molecule has 0 heterocycles. The second-order valence-corrected chi connectivity index (χ2v) is 6.92. The molecule has 0 aliphatic heterocycles. The van der Waals surface area contributed by atoms with Crippen LogP contribution in [0.1, 0.15) is 79.4 Å². The largest absolute Gasteiger partial charge is 0.205 e. The summed E-state index contributed by atoms with van der Waals surface area (Å²) >= 11 is 0. The lowest BCUT2D eigenvalue weighted by Gasteiger charge is -2.42. The van der Waals surface area contributed by atoms with E-state index in [0.29, 0.717) is 12.3 Å². The average Bonchev–Trinajstić information content (AvgIpc) is 2.54. The van der Waals surface area contributed by atoms with Gasteiger partial charge in [0.05, 0.1) is 0 Å². The minimum absolute atomic E-state index is 0.165. The molecule has 0 aromatic heterocycles. The van der Waals surface area contributed by atoms with Crippen LogP contribution in [-0.2, 0) is 0 Å². The topological polar surface area (TPSA) is 23.8 Å². The maximum atomic E-state index is 14.1. The van der Waals surface area contributed by atoms with Crippen molar-refractivity contribution in [3.63, 3.8) is 0 Å². The standard InChI is InChI=1S/C20H25F2N/c1-2-3-13-4-5-15-9-16(7-6-14(15)8-13)17-10-19(21)18(12-23)20(22)11-17/h10-11,13-16H,2-9H2,1H3/i7D,9D2. The molecule has 124 valence electrons. The summed E-state index contributed by atoms with van der Waals surface area (Å²) in [4.78, 5) is 0. The maximum Gasteiger partial charge on any atom is 0.144 e. The van der Waals surface area contributed by atoms with Gasteiger partial charge in [-0.2, -0.15) is 5.26 Å². The molecule has 0 bridgehead atoms. The second-order valence-electron chi connectivity index (χ2n) is 6.92. The predicted octanol–water partition coefficient (Wildman–Crippen LogP) is 5.94. The first-order valence-corrected chi connectivity index (χ1v) is 8.60. The van der Waals surface area contributed by atoms with Crippen molar-refractivity contribution >= 4 is 0 Å². The number of hydrogen-bond donors (Lipinski definition) is 0. The van der Waals surface area contributed by atoms with Crippen LogP contribution in [0.15, 0.2) is 12.1 Å². The van der Waals surface area contributed by atoms with E-state index in [4.69, 9.17) is 9.37 Å². The van der Waals surface area contributed by atoms with E-state index in [-0.39, 0.29) is 17.4 Å². The maximum absolute atomic E-state index is 14.1. The molecule has 3 heteroatoms. The van der Waals surface area contributed by atoms with E-state index in [2.05, 4.69) is 6.92 Å². The normalized spacial score (nSPS) is 37.8. The third-order valence-corrected chi connectivity index (χ3v) is 5.39. The van der Waals surface area contributed by atoms with Gasteiger partial charge in [-0.25, -0.2) is 8.78 Å². The molecule has 23 heavy (non-hydrogen) atoms. The van der Waals surface area contributed by atoms with Crippen molar-refractivity contribution in [1.29, 1.82) is 5.26 Å². The van der Waals surface area contributed by atoms with Gasteiger partial charge in [0.2, 0.25) is 0 Å². The Hall–Kier alpha value is -1.43. The summed E-state index contributed by atoms with van der Waals surface area (Å²) in [5, 5.41) is 8.84. The van der Waals surface area contributed by atoms with Crippen LogP contribution in [0, 0.1) is 40.7 Å². The van der Waals surface area contributed by atoms with E-state index in [1.165, 1.54) is 6.07 Å². The lowest BCUT2D eigenvalue weighted by atomic mass is 9.63. The molecular weight excluding hydrogens is 292 g/mol. The van der Waals surface area contributed by atoms with Crippen LogP contribution in [-0.4, -0.2) is 0 Å². The first kappa shape index (κ1) is 12.9. The van der Waals surface area contributed by atoms with E-state index in [9.17, 15) is 8.78 Å². The Kier molecular flexibility index (Phi) is 3.93. The van der Waals surface area contributed by atoms with Crippen molar-refractivity contribution in [3.8, 4) is 6.07 Å². The van der Waals surface area contributed by atoms with Crippen LogP contribution < -0.4 is 0 Å². The van der Waals surface area contributed by atoms with Crippen LogP contribution in [0.2, 0.25) is 0 Å². The van der Waals surface area contributed by atoms with E-state index >= 15 is 0 Å². The van der Waals surface area contributed by atoms with Crippen molar-refractivity contribution in [2.24, 2.45) is 17.8 Å². The molecule has 1 aromatic rings. The van der Waals surface area contributed by atoms with Crippen LogP contribution in [0.5, 0.6) is 0 Å². The minimum Gasteiger partial charge on any atom is -0.205 e. The molecule has 1 aromatic carbocycles. The van der Waals surface area contributed by atoms with Crippen molar-refractivity contribution < 1.29 is 12.9 Å². The molecule has 1 nitrogen and oxygen atoms in total. The highest BCUT2D eigenvalue weighted by molar-refractivity contribution is 5.36. The fourth-order valence-corrected chi connectivity index (χ4v) is 4.23. The summed E-state index contributed by atoms with van der Waals surface area (Å²) in [5.74, 6) is -2.22. The SMILES string of the molecule is [2H]C1CC2CC(CCC)CCC2C([2H])([2H])C1c1cc(F)c(C#N)c(F)c1. The highest BCUT2D eigenvalue weighted by Crippen LogP contribution is 2.48. The molecule has 2 saturated carbocycles. The Labute approximate surface area is 141 Å². The van der Waals surface area contributed by atoms with E-state index in [1.807, 2.05) is 0 Å². The van der Waals surface area contributed by atoms with Gasteiger partial charge in [-0.1, -0.05) is 26.2 Å². The smallest absolute Gasteiger partial charge is 0.144 e. The summed E-state index contributed by atoms with van der Waals surface area (Å²) in [6.45, 7) is 2.16. The van der Waals surface area contributed by atoms with Crippen LogP contribution in [0.4, 0.5) is 8.78 Å². The molecule has 0 amide bonds. The van der Waals surface area contributed by atoms with E-state index in [0.717, 1.165) is 44.2 Å². The first-order valence-electron chi connectivity index (χ1n) is 10.2. The van der Waals surface area contributed by atoms with E-state index < -0.39 is 35.9 Å². The molecule has 0 radical (unpaired) electrons. The molecule has 5 atom stereocenters. The summed E-state index contributed by atoms with van der Waals surface area (Å²) < 4.78 is 54.1. The minimum atomic E-state index is -1.68. The molecule has 2 fully saturated rings. The van der Waals surface area contributed by atoms with Gasteiger partial charge >= 0.3 is 0 Å². The first-order chi connectivity index (χ1) is 12.3. The summed E-state index contributed by atoms with van der Waals surface area (Å²) in [6.07, 6.45) is 3.12. The summed E-state index contributed by atoms with van der Waals surface area (Å²) in [5.41, 5.74) is -0.484. The number of nitrogens with zero attached hydrogens (tertiary/aromatic N) is 1. The molecule has 0 saturated heterocycles. The fraction of sp³-hybridized carbons (Fsp3) is 0.650. The van der Waals surface area contributed by atoms with E-state index in [1.54, 1.807) is 0 Å². The van der Waals surface area contributed by atoms with Crippen molar-refractivity contribution in [2.45, 2.75) is 64.1 Å². The lowest BCUT2D eigenvalue weighted by molar-refractivity contribution is 0.114. The van der Waals surface area contributed by atoms with Gasteiger partial charge in [0.25, 0.3) is 0 Å². The summed E-state index contributed by atoms with van der Waals surface area (Å²) in [7, 11) is 0. The van der Waals surface area contributed by atoms with Gasteiger partial charge in [0, 0.05) is 4.11 Å². The van der Waals surface area contributed by atoms with Gasteiger partial charge < -0.3 is 0 Å². The Morgan fingerprint density at radius 2 is 1.96 bits per heavy atom. The highest BCUT2D eigenvalue weighted by Gasteiger charge is 2.36. The van der Waals surface area contributed by atoms with Crippen LogP contribution in [0.3, 0.4) is 0 Å². The van der Waals surface area contributed by atoms with Gasteiger partial charge in [-0.3, -0.25) is 0 Å². The van der Waals surface area contributed by atoms with Gasteiger partial charge in [-0.15, -0.1) is 0 Å². The third kappa shape index (κ3) is 3.42. The number of rotatable bonds is 3. The molecule has 2 aliphatic carbocycles. The Morgan fingerprint density at radius 3 is 2.61 bits per heavy atom. The number of fused-ring (bicyclic) bond motifs is 1. The van der Waals surface area contributed by atoms with Crippen LogP contribution in [0.25, 0.3) is 0 Å². The number of nitriles is 1. The van der Waals surface area contributed by atoms with Crippen molar-refractivity contribution in [1.82, 2.24) is 0 Å². The number of halogens is 2. The monoisotopic (exact) mass is 320 g/mol. The van der Waals surface area contributed by atoms with Crippen molar-refractivity contribution in [3.05, 3.63) is 34.9 Å². The Balaban J connectivity index is 1.92. The zero-order valence-electron chi connectivity index (χ0n) is 16.5. The second kappa shape index (κ2) is 6.99. The zero-order valence-corrected chi connectivity index (χ0v) is 13.5. The summed E-state index contributed by atoms with van der Waals surface area (Å²) in [6, 6.07) is 3.60. The van der Waals surface area contributed by atoms with Gasteiger partial charge in [0.1, 0.15) is 23.3 Å². The quantitative estimate of drug-likeness (QED) is 0.676. The van der Waals surface area contributed by atoms with Crippen LogP contribution >= 0.6 is 0 Å². The van der Waals surface area contributed by atoms with Gasteiger partial charge in [-0.05, 0) is 73.4 Å². The predicted molar refractivity (Wildman–Crippen MR) is 86.9 cm³/mol. The van der Waals surface area contributed by atoms with Crippen molar-refractivity contribution in [2.75, 3.05) is 0 Å². The molecule has 0 N–H and O–H groups in total. The molecule has 3 rings (SSSR count).